The second kappa shape index (κ2) is 3.58. The van der Waals surface area contributed by atoms with Crippen molar-refractivity contribution in [3.05, 3.63) is 12.3 Å². The van der Waals surface area contributed by atoms with Gasteiger partial charge >= 0.3 is 0 Å². The van der Waals surface area contributed by atoms with Gasteiger partial charge in [-0.05, 0) is 44.7 Å². The van der Waals surface area contributed by atoms with E-state index in [1.165, 1.54) is 38.0 Å². The maximum absolute atomic E-state index is 4.04. The molecule has 2 nitrogen and oxygen atoms in total. The Morgan fingerprint density at radius 2 is 2.43 bits per heavy atom. The van der Waals surface area contributed by atoms with Gasteiger partial charge in [0.05, 0.1) is 0 Å². The van der Waals surface area contributed by atoms with E-state index in [0.717, 1.165) is 12.6 Å². The molecule has 0 aromatic heterocycles. The van der Waals surface area contributed by atoms with Crippen LogP contribution in [0, 0.1) is 5.41 Å². The third-order valence-electron chi connectivity index (χ3n) is 3.99. The number of piperidine rings is 1. The standard InChI is InChI=1S/C12H22N2/c1-4-14-6-5-12(8-11(14)3)7-10(2)13-9-12/h11,13H,2,4-9H2,1,3H3. The largest absolute Gasteiger partial charge is 0.388 e. The van der Waals surface area contributed by atoms with Crippen LogP contribution in [-0.2, 0) is 0 Å². The van der Waals surface area contributed by atoms with E-state index in [1.807, 2.05) is 0 Å². The molecule has 2 unspecified atom stereocenters. The van der Waals surface area contributed by atoms with Crippen molar-refractivity contribution in [1.82, 2.24) is 10.2 Å². The zero-order valence-corrected chi connectivity index (χ0v) is 9.47. The summed E-state index contributed by atoms with van der Waals surface area (Å²) in [5.74, 6) is 0. The Balaban J connectivity index is 2.01. The number of nitrogens with one attached hydrogen (secondary N) is 1. The molecule has 0 aliphatic carbocycles. The molecule has 0 amide bonds. The maximum atomic E-state index is 4.04. The predicted molar refractivity (Wildman–Crippen MR) is 60.1 cm³/mol. The SMILES string of the molecule is C=C1CC2(CCN(CC)C(C)C2)CN1. The van der Waals surface area contributed by atoms with Gasteiger partial charge in [0.1, 0.15) is 0 Å². The molecule has 1 spiro atoms. The van der Waals surface area contributed by atoms with Crippen molar-refractivity contribution in [2.24, 2.45) is 5.41 Å². The molecule has 2 atom stereocenters. The molecule has 0 aromatic rings. The van der Waals surface area contributed by atoms with E-state index in [9.17, 15) is 0 Å². The van der Waals surface area contributed by atoms with Crippen LogP contribution in [0.1, 0.15) is 33.1 Å². The van der Waals surface area contributed by atoms with Crippen molar-refractivity contribution in [2.45, 2.75) is 39.2 Å². The van der Waals surface area contributed by atoms with Crippen molar-refractivity contribution >= 4 is 0 Å². The summed E-state index contributed by atoms with van der Waals surface area (Å²) in [5, 5.41) is 3.42. The monoisotopic (exact) mass is 194 g/mol. The van der Waals surface area contributed by atoms with E-state index >= 15 is 0 Å². The lowest BCUT2D eigenvalue weighted by atomic mass is 9.74. The second-order valence-corrected chi connectivity index (χ2v) is 5.07. The molecule has 14 heavy (non-hydrogen) atoms. The van der Waals surface area contributed by atoms with Gasteiger partial charge in [0.15, 0.2) is 0 Å². The first-order valence-electron chi connectivity index (χ1n) is 5.81. The van der Waals surface area contributed by atoms with Crippen molar-refractivity contribution in [3.8, 4) is 0 Å². The van der Waals surface area contributed by atoms with Crippen molar-refractivity contribution in [3.63, 3.8) is 0 Å². The molecule has 0 aromatic carbocycles. The quantitative estimate of drug-likeness (QED) is 0.686. The lowest BCUT2D eigenvalue weighted by Crippen LogP contribution is -2.46. The van der Waals surface area contributed by atoms with Crippen LogP contribution < -0.4 is 5.32 Å². The van der Waals surface area contributed by atoms with E-state index in [1.54, 1.807) is 0 Å². The van der Waals surface area contributed by atoms with Gasteiger partial charge < -0.3 is 10.2 Å². The van der Waals surface area contributed by atoms with Gasteiger partial charge in [-0.3, -0.25) is 0 Å². The summed E-state index contributed by atoms with van der Waals surface area (Å²) in [4.78, 5) is 2.59. The van der Waals surface area contributed by atoms with E-state index in [4.69, 9.17) is 0 Å². The smallest absolute Gasteiger partial charge is 0.0205 e. The average molecular weight is 194 g/mol. The Hall–Kier alpha value is -0.500. The Labute approximate surface area is 87.4 Å². The lowest BCUT2D eigenvalue weighted by molar-refractivity contribution is 0.0750. The van der Waals surface area contributed by atoms with Gasteiger partial charge in [-0.25, -0.2) is 0 Å². The summed E-state index contributed by atoms with van der Waals surface area (Å²) in [7, 11) is 0. The van der Waals surface area contributed by atoms with Crippen LogP contribution in [0.25, 0.3) is 0 Å². The Kier molecular flexibility index (Phi) is 2.56. The topological polar surface area (TPSA) is 15.3 Å². The molecule has 0 saturated carbocycles. The summed E-state index contributed by atoms with van der Waals surface area (Å²) in [6.07, 6.45) is 3.89. The summed E-state index contributed by atoms with van der Waals surface area (Å²) in [6, 6.07) is 0.751. The van der Waals surface area contributed by atoms with Crippen LogP contribution in [0.3, 0.4) is 0 Å². The highest BCUT2D eigenvalue weighted by Gasteiger charge is 2.40. The normalized spacial score (nSPS) is 39.0. The van der Waals surface area contributed by atoms with Gasteiger partial charge in [-0.15, -0.1) is 0 Å². The molecule has 2 rings (SSSR count). The summed E-state index contributed by atoms with van der Waals surface area (Å²) >= 11 is 0. The van der Waals surface area contributed by atoms with Gasteiger partial charge in [0.25, 0.3) is 0 Å². The van der Waals surface area contributed by atoms with Crippen molar-refractivity contribution in [2.75, 3.05) is 19.6 Å². The van der Waals surface area contributed by atoms with Crippen LogP contribution in [0.2, 0.25) is 0 Å². The molecule has 0 bridgehead atoms. The van der Waals surface area contributed by atoms with Crippen molar-refractivity contribution < 1.29 is 0 Å². The van der Waals surface area contributed by atoms with E-state index in [0.29, 0.717) is 5.41 Å². The number of nitrogens with zero attached hydrogens (tertiary/aromatic N) is 1. The molecule has 0 radical (unpaired) electrons. The minimum Gasteiger partial charge on any atom is -0.388 e. The number of hydrogen-bond acceptors (Lipinski definition) is 2. The van der Waals surface area contributed by atoms with Gasteiger partial charge in [0, 0.05) is 18.3 Å². The predicted octanol–water partition coefficient (Wildman–Crippen LogP) is 1.98. The molecular formula is C12H22N2. The Bertz CT molecular complexity index is 236. The molecule has 2 fully saturated rings. The minimum absolute atomic E-state index is 0.544. The third-order valence-corrected chi connectivity index (χ3v) is 3.99. The fraction of sp³-hybridized carbons (Fsp3) is 0.833. The number of likely N-dealkylation sites (tertiary alicyclic amines) is 1. The molecule has 1 N–H and O–H groups in total. The van der Waals surface area contributed by atoms with Crippen LogP contribution in [0.5, 0.6) is 0 Å². The molecular weight excluding hydrogens is 172 g/mol. The highest BCUT2D eigenvalue weighted by Crippen LogP contribution is 2.42. The second-order valence-electron chi connectivity index (χ2n) is 5.07. The first-order valence-corrected chi connectivity index (χ1v) is 5.81. The zero-order chi connectivity index (χ0) is 10.2. The van der Waals surface area contributed by atoms with E-state index in [2.05, 4.69) is 30.6 Å². The van der Waals surface area contributed by atoms with Crippen molar-refractivity contribution in [1.29, 1.82) is 0 Å². The number of hydrogen-bond donors (Lipinski definition) is 1. The van der Waals surface area contributed by atoms with Gasteiger partial charge in [-0.2, -0.15) is 0 Å². The van der Waals surface area contributed by atoms with E-state index in [-0.39, 0.29) is 0 Å². The van der Waals surface area contributed by atoms with E-state index < -0.39 is 0 Å². The first kappa shape index (κ1) is 10.0. The molecule has 2 heterocycles. The van der Waals surface area contributed by atoms with Gasteiger partial charge in [0.2, 0.25) is 0 Å². The molecule has 2 aliphatic rings. The van der Waals surface area contributed by atoms with Crippen LogP contribution in [0.15, 0.2) is 12.3 Å². The molecule has 2 saturated heterocycles. The van der Waals surface area contributed by atoms with Crippen LogP contribution in [-0.4, -0.2) is 30.6 Å². The Morgan fingerprint density at radius 1 is 1.64 bits per heavy atom. The average Bonchev–Trinajstić information content (AvgIpc) is 2.48. The number of rotatable bonds is 1. The first-order chi connectivity index (χ1) is 6.65. The minimum atomic E-state index is 0.544. The third kappa shape index (κ3) is 1.68. The number of allylic oxidation sites excluding steroid dienone is 1. The lowest BCUT2D eigenvalue weighted by Gasteiger charge is -2.42. The summed E-state index contributed by atoms with van der Waals surface area (Å²) in [5.41, 5.74) is 1.80. The zero-order valence-electron chi connectivity index (χ0n) is 9.47. The fourth-order valence-corrected chi connectivity index (χ4v) is 3.14. The molecule has 2 aliphatic heterocycles. The Morgan fingerprint density at radius 3 is 2.93 bits per heavy atom. The summed E-state index contributed by atoms with van der Waals surface area (Å²) in [6.45, 7) is 12.3. The van der Waals surface area contributed by atoms with Crippen LogP contribution in [0.4, 0.5) is 0 Å². The maximum Gasteiger partial charge on any atom is 0.0205 e. The molecule has 80 valence electrons. The fourth-order valence-electron chi connectivity index (χ4n) is 3.14. The molecule has 2 heteroatoms. The highest BCUT2D eigenvalue weighted by atomic mass is 15.2. The highest BCUT2D eigenvalue weighted by molar-refractivity contribution is 5.09. The van der Waals surface area contributed by atoms with Gasteiger partial charge in [-0.1, -0.05) is 13.5 Å². The summed E-state index contributed by atoms with van der Waals surface area (Å²) < 4.78 is 0. The van der Waals surface area contributed by atoms with Crippen LogP contribution >= 0.6 is 0 Å².